The molecule has 0 saturated carbocycles. The number of halogens is 1. The van der Waals surface area contributed by atoms with Gasteiger partial charge in [-0.05, 0) is 48.6 Å². The summed E-state index contributed by atoms with van der Waals surface area (Å²) in [6, 6.07) is 6.43. The largest absolute Gasteiger partial charge is 0.371 e. The second-order valence-electron chi connectivity index (χ2n) is 6.49. The summed E-state index contributed by atoms with van der Waals surface area (Å²) in [5.74, 6) is 0.193. The molecule has 3 rings (SSSR count). The van der Waals surface area contributed by atoms with Gasteiger partial charge < -0.3 is 15.5 Å². The van der Waals surface area contributed by atoms with E-state index in [-0.39, 0.29) is 11.8 Å². The lowest BCUT2D eigenvalue weighted by molar-refractivity contribution is 0.239. The van der Waals surface area contributed by atoms with E-state index in [2.05, 4.69) is 20.6 Å². The van der Waals surface area contributed by atoms with Crippen LogP contribution in [0.4, 0.5) is 14.9 Å². The average Bonchev–Trinajstić information content (AvgIpc) is 3.23. The molecule has 1 saturated heterocycles. The third-order valence-corrected chi connectivity index (χ3v) is 4.49. The van der Waals surface area contributed by atoms with Crippen LogP contribution in [0.2, 0.25) is 0 Å². The molecule has 0 aliphatic carbocycles. The number of anilines is 1. The Bertz CT molecular complexity index is 700. The van der Waals surface area contributed by atoms with E-state index in [0.29, 0.717) is 19.0 Å². The molecule has 0 bridgehead atoms. The van der Waals surface area contributed by atoms with Crippen molar-refractivity contribution in [3.63, 3.8) is 0 Å². The maximum Gasteiger partial charge on any atom is 0.314 e. The van der Waals surface area contributed by atoms with Gasteiger partial charge in [0.1, 0.15) is 5.82 Å². The molecule has 1 aromatic heterocycles. The third-order valence-electron chi connectivity index (χ3n) is 4.49. The fourth-order valence-electron chi connectivity index (χ4n) is 3.11. The van der Waals surface area contributed by atoms with Crippen LogP contribution in [0, 0.1) is 11.7 Å². The molecule has 25 heavy (non-hydrogen) atoms. The molecule has 1 aromatic carbocycles. The van der Waals surface area contributed by atoms with E-state index in [9.17, 15) is 9.18 Å². The van der Waals surface area contributed by atoms with Gasteiger partial charge in [-0.25, -0.2) is 9.18 Å². The van der Waals surface area contributed by atoms with E-state index in [4.69, 9.17) is 0 Å². The van der Waals surface area contributed by atoms with Gasteiger partial charge in [0, 0.05) is 45.1 Å². The number of rotatable bonds is 6. The minimum absolute atomic E-state index is 0.135. The number of carbonyl (C=O) groups is 1. The van der Waals surface area contributed by atoms with Crippen LogP contribution in [0.25, 0.3) is 0 Å². The predicted molar refractivity (Wildman–Crippen MR) is 95.0 cm³/mol. The van der Waals surface area contributed by atoms with E-state index in [1.165, 1.54) is 12.1 Å². The maximum absolute atomic E-state index is 13.0. The summed E-state index contributed by atoms with van der Waals surface area (Å²) in [6.07, 6.45) is 5.54. The first-order valence-corrected chi connectivity index (χ1v) is 8.60. The molecule has 134 valence electrons. The normalized spacial score (nSPS) is 16.9. The topological polar surface area (TPSA) is 62.2 Å². The van der Waals surface area contributed by atoms with Crippen molar-refractivity contribution in [2.45, 2.75) is 12.8 Å². The van der Waals surface area contributed by atoms with Gasteiger partial charge in [0.2, 0.25) is 0 Å². The number of hydrogen-bond donors (Lipinski definition) is 2. The van der Waals surface area contributed by atoms with Crippen LogP contribution in [-0.2, 0) is 13.5 Å². The summed E-state index contributed by atoms with van der Waals surface area (Å²) in [6.45, 7) is 3.04. The number of amides is 2. The smallest absolute Gasteiger partial charge is 0.314 e. The predicted octanol–water partition coefficient (Wildman–Crippen LogP) is 1.93. The monoisotopic (exact) mass is 345 g/mol. The number of aromatic nitrogens is 2. The Morgan fingerprint density at radius 1 is 1.32 bits per heavy atom. The maximum atomic E-state index is 13.0. The van der Waals surface area contributed by atoms with Crippen molar-refractivity contribution in [3.8, 4) is 0 Å². The van der Waals surface area contributed by atoms with Crippen molar-refractivity contribution in [2.75, 3.05) is 31.1 Å². The van der Waals surface area contributed by atoms with Gasteiger partial charge in [0.15, 0.2) is 0 Å². The van der Waals surface area contributed by atoms with Crippen LogP contribution in [0.15, 0.2) is 36.7 Å². The Labute approximate surface area is 147 Å². The Morgan fingerprint density at radius 3 is 2.84 bits per heavy atom. The van der Waals surface area contributed by atoms with Crippen molar-refractivity contribution >= 4 is 11.7 Å². The molecular weight excluding hydrogens is 321 g/mol. The summed E-state index contributed by atoms with van der Waals surface area (Å²) in [4.78, 5) is 14.1. The number of nitrogens with one attached hydrogen (secondary N) is 2. The van der Waals surface area contributed by atoms with Gasteiger partial charge in [0.25, 0.3) is 0 Å². The van der Waals surface area contributed by atoms with Gasteiger partial charge >= 0.3 is 6.03 Å². The van der Waals surface area contributed by atoms with E-state index < -0.39 is 0 Å². The lowest BCUT2D eigenvalue weighted by Crippen LogP contribution is -2.39. The van der Waals surface area contributed by atoms with Crippen LogP contribution in [-0.4, -0.2) is 42.0 Å². The number of benzene rings is 1. The second-order valence-corrected chi connectivity index (χ2v) is 6.49. The summed E-state index contributed by atoms with van der Waals surface area (Å²) >= 11 is 0. The van der Waals surface area contributed by atoms with Crippen LogP contribution < -0.4 is 15.5 Å². The molecular formula is C18H24FN5O. The van der Waals surface area contributed by atoms with Crippen LogP contribution in [0.3, 0.4) is 0 Å². The lowest BCUT2D eigenvalue weighted by Gasteiger charge is -2.19. The van der Waals surface area contributed by atoms with E-state index in [0.717, 1.165) is 37.2 Å². The van der Waals surface area contributed by atoms with Crippen molar-refractivity contribution in [1.29, 1.82) is 0 Å². The Morgan fingerprint density at radius 2 is 2.12 bits per heavy atom. The molecule has 7 heteroatoms. The molecule has 1 aliphatic rings. The van der Waals surface area contributed by atoms with Crippen LogP contribution in [0.5, 0.6) is 0 Å². The van der Waals surface area contributed by atoms with Gasteiger partial charge in [-0.3, -0.25) is 4.68 Å². The fourth-order valence-corrected chi connectivity index (χ4v) is 3.11. The first kappa shape index (κ1) is 17.3. The minimum atomic E-state index is -0.218. The zero-order valence-corrected chi connectivity index (χ0v) is 14.4. The summed E-state index contributed by atoms with van der Waals surface area (Å²) in [5.41, 5.74) is 2.14. The van der Waals surface area contributed by atoms with Gasteiger partial charge in [-0.15, -0.1) is 0 Å². The van der Waals surface area contributed by atoms with Crippen LogP contribution in [0.1, 0.15) is 12.0 Å². The highest BCUT2D eigenvalue weighted by atomic mass is 19.1. The SMILES string of the molecule is Cn1cc(CCNC(=O)NC[C@H]2CCN(c3ccc(F)cc3)C2)cn1. The first-order chi connectivity index (χ1) is 12.1. The number of nitrogens with zero attached hydrogens (tertiary/aromatic N) is 3. The van der Waals surface area contributed by atoms with E-state index >= 15 is 0 Å². The highest BCUT2D eigenvalue weighted by Gasteiger charge is 2.23. The zero-order valence-electron chi connectivity index (χ0n) is 14.4. The van der Waals surface area contributed by atoms with Gasteiger partial charge in [-0.2, -0.15) is 5.10 Å². The summed E-state index contributed by atoms with van der Waals surface area (Å²) < 4.78 is 14.7. The van der Waals surface area contributed by atoms with Crippen molar-refractivity contribution < 1.29 is 9.18 Å². The minimum Gasteiger partial charge on any atom is -0.371 e. The quantitative estimate of drug-likeness (QED) is 0.841. The van der Waals surface area contributed by atoms with Crippen molar-refractivity contribution in [1.82, 2.24) is 20.4 Å². The third kappa shape index (κ3) is 4.95. The Hall–Kier alpha value is -2.57. The molecule has 2 heterocycles. The van der Waals surface area contributed by atoms with Crippen molar-refractivity contribution in [2.24, 2.45) is 13.0 Å². The second kappa shape index (κ2) is 8.00. The zero-order chi connectivity index (χ0) is 17.6. The molecule has 2 amide bonds. The average molecular weight is 345 g/mol. The number of hydrogen-bond acceptors (Lipinski definition) is 3. The fraction of sp³-hybridized carbons (Fsp3) is 0.444. The molecule has 2 N–H and O–H groups in total. The number of carbonyl (C=O) groups excluding carboxylic acids is 1. The Balaban J connectivity index is 1.34. The molecule has 2 aromatic rings. The molecule has 0 spiro atoms. The highest BCUT2D eigenvalue weighted by molar-refractivity contribution is 5.73. The lowest BCUT2D eigenvalue weighted by atomic mass is 10.1. The Kier molecular flexibility index (Phi) is 5.53. The molecule has 1 aliphatic heterocycles. The molecule has 0 radical (unpaired) electrons. The highest BCUT2D eigenvalue weighted by Crippen LogP contribution is 2.23. The van der Waals surface area contributed by atoms with Gasteiger partial charge in [-0.1, -0.05) is 0 Å². The molecule has 0 unspecified atom stereocenters. The molecule has 1 atom stereocenters. The van der Waals surface area contributed by atoms with E-state index in [1.54, 1.807) is 16.8 Å². The standard InChI is InChI=1S/C18H24FN5O/c1-23-12-14(11-22-23)6-8-20-18(25)21-10-15-7-9-24(13-15)17-4-2-16(19)3-5-17/h2-5,11-12,15H,6-10,13H2,1H3,(H2,20,21,25)/t15-/m1/s1. The number of aryl methyl sites for hydroxylation is 1. The summed E-state index contributed by atoms with van der Waals surface area (Å²) in [5, 5.41) is 9.91. The van der Waals surface area contributed by atoms with Crippen LogP contribution >= 0.6 is 0 Å². The summed E-state index contributed by atoms with van der Waals surface area (Å²) in [7, 11) is 1.88. The molecule has 1 fully saturated rings. The van der Waals surface area contributed by atoms with Crippen molar-refractivity contribution in [3.05, 3.63) is 48.0 Å². The first-order valence-electron chi connectivity index (χ1n) is 8.60. The van der Waals surface area contributed by atoms with E-state index in [1.807, 2.05) is 19.4 Å². The number of urea groups is 1. The van der Waals surface area contributed by atoms with Gasteiger partial charge in [0.05, 0.1) is 6.20 Å². The molecule has 6 nitrogen and oxygen atoms in total.